The molecule has 0 aliphatic carbocycles. The SMILES string of the molecule is CNCCC(C)CCc1ccnn1C. The van der Waals surface area contributed by atoms with E-state index in [1.165, 1.54) is 18.5 Å². The quantitative estimate of drug-likeness (QED) is 0.747. The maximum Gasteiger partial charge on any atom is 0.0492 e. The molecule has 0 aliphatic rings. The summed E-state index contributed by atoms with van der Waals surface area (Å²) in [5, 5.41) is 7.35. The molecule has 0 spiro atoms. The molecule has 0 radical (unpaired) electrons. The second kappa shape index (κ2) is 5.81. The summed E-state index contributed by atoms with van der Waals surface area (Å²) in [4.78, 5) is 0. The first-order valence-corrected chi connectivity index (χ1v) is 5.35. The topological polar surface area (TPSA) is 29.9 Å². The van der Waals surface area contributed by atoms with Crippen LogP contribution in [0.4, 0.5) is 0 Å². The van der Waals surface area contributed by atoms with Crippen molar-refractivity contribution in [3.05, 3.63) is 18.0 Å². The fourth-order valence-electron chi connectivity index (χ4n) is 1.58. The van der Waals surface area contributed by atoms with Crippen molar-refractivity contribution < 1.29 is 0 Å². The van der Waals surface area contributed by atoms with Gasteiger partial charge in [0.15, 0.2) is 0 Å². The van der Waals surface area contributed by atoms with Crippen LogP contribution in [0.5, 0.6) is 0 Å². The van der Waals surface area contributed by atoms with Gasteiger partial charge >= 0.3 is 0 Å². The summed E-state index contributed by atoms with van der Waals surface area (Å²) in [5.41, 5.74) is 1.33. The Morgan fingerprint density at radius 3 is 2.86 bits per heavy atom. The summed E-state index contributed by atoms with van der Waals surface area (Å²) in [6.07, 6.45) is 5.52. The predicted octanol–water partition coefficient (Wildman–Crippen LogP) is 1.60. The maximum absolute atomic E-state index is 4.16. The molecule has 1 aromatic rings. The molecule has 1 rings (SSSR count). The van der Waals surface area contributed by atoms with E-state index in [0.29, 0.717) is 0 Å². The minimum absolute atomic E-state index is 0.789. The zero-order valence-corrected chi connectivity index (χ0v) is 9.45. The normalized spacial score (nSPS) is 13.1. The lowest BCUT2D eigenvalue weighted by Crippen LogP contribution is -2.12. The van der Waals surface area contributed by atoms with E-state index >= 15 is 0 Å². The summed E-state index contributed by atoms with van der Waals surface area (Å²) in [6, 6.07) is 2.10. The van der Waals surface area contributed by atoms with Gasteiger partial charge in [-0.2, -0.15) is 5.10 Å². The van der Waals surface area contributed by atoms with Gasteiger partial charge in [0.25, 0.3) is 0 Å². The van der Waals surface area contributed by atoms with Gasteiger partial charge < -0.3 is 5.32 Å². The van der Waals surface area contributed by atoms with E-state index in [4.69, 9.17) is 0 Å². The third kappa shape index (κ3) is 3.50. The number of aromatic nitrogens is 2. The molecule has 0 bridgehead atoms. The number of hydrogen-bond donors (Lipinski definition) is 1. The highest BCUT2D eigenvalue weighted by molar-refractivity contribution is 4.99. The Morgan fingerprint density at radius 2 is 2.29 bits per heavy atom. The van der Waals surface area contributed by atoms with E-state index in [1.807, 2.05) is 25.0 Å². The molecular formula is C11H21N3. The average molecular weight is 195 g/mol. The standard InChI is InChI=1S/C11H21N3/c1-10(6-8-12-2)4-5-11-7-9-13-14(11)3/h7,9-10,12H,4-6,8H2,1-3H3. The van der Waals surface area contributed by atoms with E-state index in [-0.39, 0.29) is 0 Å². The van der Waals surface area contributed by atoms with Crippen molar-refractivity contribution in [2.24, 2.45) is 13.0 Å². The van der Waals surface area contributed by atoms with E-state index in [1.54, 1.807) is 0 Å². The molecule has 3 heteroatoms. The van der Waals surface area contributed by atoms with Crippen LogP contribution in [0.1, 0.15) is 25.5 Å². The zero-order valence-electron chi connectivity index (χ0n) is 9.45. The van der Waals surface area contributed by atoms with E-state index in [9.17, 15) is 0 Å². The van der Waals surface area contributed by atoms with E-state index in [0.717, 1.165) is 18.9 Å². The van der Waals surface area contributed by atoms with Crippen molar-refractivity contribution in [2.45, 2.75) is 26.2 Å². The molecule has 0 saturated carbocycles. The van der Waals surface area contributed by atoms with Crippen LogP contribution in [0.3, 0.4) is 0 Å². The van der Waals surface area contributed by atoms with Crippen LogP contribution < -0.4 is 5.32 Å². The van der Waals surface area contributed by atoms with Crippen LogP contribution in [0.25, 0.3) is 0 Å². The first-order chi connectivity index (χ1) is 6.74. The largest absolute Gasteiger partial charge is 0.320 e. The molecule has 14 heavy (non-hydrogen) atoms. The Morgan fingerprint density at radius 1 is 1.50 bits per heavy atom. The van der Waals surface area contributed by atoms with Crippen LogP contribution in [0.2, 0.25) is 0 Å². The Bertz CT molecular complexity index is 255. The third-order valence-electron chi connectivity index (χ3n) is 2.70. The molecule has 80 valence electrons. The molecule has 0 fully saturated rings. The van der Waals surface area contributed by atoms with Crippen LogP contribution in [-0.4, -0.2) is 23.4 Å². The lowest BCUT2D eigenvalue weighted by molar-refractivity contribution is 0.474. The van der Waals surface area contributed by atoms with Gasteiger partial charge in [-0.3, -0.25) is 4.68 Å². The number of nitrogens with zero attached hydrogens (tertiary/aromatic N) is 2. The van der Waals surface area contributed by atoms with E-state index in [2.05, 4.69) is 23.4 Å². The van der Waals surface area contributed by atoms with Gasteiger partial charge in [0.05, 0.1) is 0 Å². The number of nitrogens with one attached hydrogen (secondary N) is 1. The van der Waals surface area contributed by atoms with Gasteiger partial charge in [-0.1, -0.05) is 6.92 Å². The average Bonchev–Trinajstić information content (AvgIpc) is 2.58. The second-order valence-electron chi connectivity index (χ2n) is 3.98. The Balaban J connectivity index is 2.23. The maximum atomic E-state index is 4.16. The first kappa shape index (κ1) is 11.2. The Labute approximate surface area is 86.5 Å². The smallest absolute Gasteiger partial charge is 0.0492 e. The first-order valence-electron chi connectivity index (χ1n) is 5.35. The Kier molecular flexibility index (Phi) is 4.66. The fraction of sp³-hybridized carbons (Fsp3) is 0.727. The summed E-state index contributed by atoms with van der Waals surface area (Å²) in [5.74, 6) is 0.789. The van der Waals surface area contributed by atoms with Gasteiger partial charge in [0, 0.05) is 18.9 Å². The van der Waals surface area contributed by atoms with Gasteiger partial charge in [-0.25, -0.2) is 0 Å². The molecule has 0 aromatic carbocycles. The highest BCUT2D eigenvalue weighted by atomic mass is 15.2. The van der Waals surface area contributed by atoms with Crippen LogP contribution in [-0.2, 0) is 13.5 Å². The summed E-state index contributed by atoms with van der Waals surface area (Å²) >= 11 is 0. The highest BCUT2D eigenvalue weighted by Crippen LogP contribution is 2.11. The van der Waals surface area contributed by atoms with Crippen molar-refractivity contribution in [1.82, 2.24) is 15.1 Å². The minimum Gasteiger partial charge on any atom is -0.320 e. The molecule has 0 amide bonds. The lowest BCUT2D eigenvalue weighted by Gasteiger charge is -2.10. The molecule has 1 N–H and O–H groups in total. The summed E-state index contributed by atoms with van der Waals surface area (Å²) < 4.78 is 1.96. The third-order valence-corrected chi connectivity index (χ3v) is 2.70. The van der Waals surface area contributed by atoms with Gasteiger partial charge in [-0.05, 0) is 44.8 Å². The van der Waals surface area contributed by atoms with Crippen molar-refractivity contribution >= 4 is 0 Å². The Hall–Kier alpha value is -0.830. The molecule has 0 aliphatic heterocycles. The molecule has 0 saturated heterocycles. The molecule has 1 unspecified atom stereocenters. The van der Waals surface area contributed by atoms with Crippen molar-refractivity contribution in [3.63, 3.8) is 0 Å². The zero-order chi connectivity index (χ0) is 10.4. The monoisotopic (exact) mass is 195 g/mol. The number of hydrogen-bond acceptors (Lipinski definition) is 2. The highest BCUT2D eigenvalue weighted by Gasteiger charge is 2.04. The van der Waals surface area contributed by atoms with Gasteiger partial charge in [0.1, 0.15) is 0 Å². The molecule has 1 heterocycles. The molecule has 1 aromatic heterocycles. The van der Waals surface area contributed by atoms with Gasteiger partial charge in [-0.15, -0.1) is 0 Å². The van der Waals surface area contributed by atoms with Crippen molar-refractivity contribution in [1.29, 1.82) is 0 Å². The van der Waals surface area contributed by atoms with Gasteiger partial charge in [0.2, 0.25) is 0 Å². The van der Waals surface area contributed by atoms with E-state index < -0.39 is 0 Å². The second-order valence-corrected chi connectivity index (χ2v) is 3.98. The molecular weight excluding hydrogens is 174 g/mol. The summed E-state index contributed by atoms with van der Waals surface area (Å²) in [7, 11) is 4.02. The minimum atomic E-state index is 0.789. The van der Waals surface area contributed by atoms with Crippen molar-refractivity contribution in [3.8, 4) is 0 Å². The van der Waals surface area contributed by atoms with Crippen molar-refractivity contribution in [2.75, 3.05) is 13.6 Å². The predicted molar refractivity (Wildman–Crippen MR) is 59.2 cm³/mol. The fourth-order valence-corrected chi connectivity index (χ4v) is 1.58. The number of aryl methyl sites for hydroxylation is 2. The van der Waals surface area contributed by atoms with Crippen LogP contribution >= 0.6 is 0 Å². The van der Waals surface area contributed by atoms with Crippen LogP contribution in [0, 0.1) is 5.92 Å². The molecule has 3 nitrogen and oxygen atoms in total. The lowest BCUT2D eigenvalue weighted by atomic mass is 10.0. The van der Waals surface area contributed by atoms with Crippen LogP contribution in [0.15, 0.2) is 12.3 Å². The molecule has 1 atom stereocenters. The number of rotatable bonds is 6. The summed E-state index contributed by atoms with van der Waals surface area (Å²) in [6.45, 7) is 3.43.